The van der Waals surface area contributed by atoms with Crippen molar-refractivity contribution in [2.24, 2.45) is 0 Å². The third-order valence-corrected chi connectivity index (χ3v) is 11.7. The Hall–Kier alpha value is -3.41. The van der Waals surface area contributed by atoms with Gasteiger partial charge in [-0.1, -0.05) is 254 Å². The molecule has 1 unspecified atom stereocenters. The van der Waals surface area contributed by atoms with E-state index in [1.165, 1.54) is 122 Å². The summed E-state index contributed by atoms with van der Waals surface area (Å²) in [6, 6.07) is 0. The first-order valence-corrected chi connectivity index (χ1v) is 27.6. The first kappa shape index (κ1) is 62.6. The van der Waals surface area contributed by atoms with Gasteiger partial charge in [0, 0.05) is 19.3 Å². The van der Waals surface area contributed by atoms with Gasteiger partial charge in [0.05, 0.1) is 0 Å². The molecule has 0 rings (SSSR count). The van der Waals surface area contributed by atoms with Gasteiger partial charge in [0.15, 0.2) is 6.10 Å². The first-order chi connectivity index (χ1) is 32.5. The van der Waals surface area contributed by atoms with Crippen LogP contribution in [-0.4, -0.2) is 37.2 Å². The largest absolute Gasteiger partial charge is 0.462 e. The van der Waals surface area contributed by atoms with E-state index in [1.807, 2.05) is 0 Å². The van der Waals surface area contributed by atoms with Gasteiger partial charge < -0.3 is 14.2 Å². The molecule has 0 fully saturated rings. The molecule has 0 amide bonds. The summed E-state index contributed by atoms with van der Waals surface area (Å²) in [6.45, 7) is 6.43. The molecule has 0 radical (unpaired) electrons. The molecule has 1 atom stereocenters. The molecule has 0 heterocycles. The molecule has 0 aromatic rings. The highest BCUT2D eigenvalue weighted by Crippen LogP contribution is 2.16. The van der Waals surface area contributed by atoms with Crippen LogP contribution in [-0.2, 0) is 28.6 Å². The Labute approximate surface area is 407 Å². The number of esters is 3. The second-order valence-corrected chi connectivity index (χ2v) is 18.2. The molecule has 66 heavy (non-hydrogen) atoms. The van der Waals surface area contributed by atoms with Crippen molar-refractivity contribution in [1.82, 2.24) is 0 Å². The maximum atomic E-state index is 12.8. The predicted octanol–water partition coefficient (Wildman–Crippen LogP) is 18.4. The molecular weight excluding hydrogens is 817 g/mol. The number of rotatable bonds is 49. The molecule has 0 aromatic heterocycles. The molecule has 0 bridgehead atoms. The zero-order chi connectivity index (χ0) is 47.9. The molecule has 6 nitrogen and oxygen atoms in total. The van der Waals surface area contributed by atoms with Crippen molar-refractivity contribution in [2.75, 3.05) is 13.2 Å². The van der Waals surface area contributed by atoms with Crippen LogP contribution in [0.25, 0.3) is 0 Å². The zero-order valence-corrected chi connectivity index (χ0v) is 43.2. The summed E-state index contributed by atoms with van der Waals surface area (Å²) < 4.78 is 16.8. The van der Waals surface area contributed by atoms with Crippen molar-refractivity contribution >= 4 is 17.9 Å². The minimum atomic E-state index is -0.808. The van der Waals surface area contributed by atoms with E-state index in [-0.39, 0.29) is 37.5 Å². The molecular formula is C60H102O6. The van der Waals surface area contributed by atoms with Crippen LogP contribution in [0.15, 0.2) is 85.1 Å². The predicted molar refractivity (Wildman–Crippen MR) is 284 cm³/mol. The fourth-order valence-electron chi connectivity index (χ4n) is 7.60. The fourth-order valence-corrected chi connectivity index (χ4v) is 7.60. The molecule has 0 aliphatic rings. The molecule has 0 saturated heterocycles. The lowest BCUT2D eigenvalue weighted by atomic mass is 10.0. The van der Waals surface area contributed by atoms with Crippen LogP contribution < -0.4 is 0 Å². The normalized spacial score (nSPS) is 12.7. The Morgan fingerprint density at radius 3 is 1.14 bits per heavy atom. The van der Waals surface area contributed by atoms with E-state index >= 15 is 0 Å². The SMILES string of the molecule is CC/C=C\C/C=C\C/C=C\CCCC(=O)OCC(COC(=O)CCCCCCCCCCCCCCCCCCCCC)OC(=O)CCCCCCC\C=C/C=C\C=C/C=C\CCCCC. The number of unbranched alkanes of at least 4 members (excludes halogenated alkanes) is 27. The highest BCUT2D eigenvalue weighted by molar-refractivity contribution is 5.71. The second kappa shape index (κ2) is 54.2. The van der Waals surface area contributed by atoms with Gasteiger partial charge in [-0.15, -0.1) is 0 Å². The summed E-state index contributed by atoms with van der Waals surface area (Å²) in [5.74, 6) is -0.977. The summed E-state index contributed by atoms with van der Waals surface area (Å²) >= 11 is 0. The average Bonchev–Trinajstić information content (AvgIpc) is 3.31. The van der Waals surface area contributed by atoms with Crippen molar-refractivity contribution in [3.8, 4) is 0 Å². The van der Waals surface area contributed by atoms with Gasteiger partial charge in [-0.25, -0.2) is 0 Å². The molecule has 0 spiro atoms. The van der Waals surface area contributed by atoms with E-state index in [0.717, 1.165) is 89.9 Å². The topological polar surface area (TPSA) is 78.9 Å². The van der Waals surface area contributed by atoms with Crippen molar-refractivity contribution < 1.29 is 28.6 Å². The highest BCUT2D eigenvalue weighted by Gasteiger charge is 2.19. The molecule has 6 heteroatoms. The number of carbonyl (C=O) groups excluding carboxylic acids is 3. The van der Waals surface area contributed by atoms with Crippen LogP contribution in [0.5, 0.6) is 0 Å². The third-order valence-electron chi connectivity index (χ3n) is 11.7. The van der Waals surface area contributed by atoms with Gasteiger partial charge in [0.25, 0.3) is 0 Å². The van der Waals surface area contributed by atoms with E-state index in [1.54, 1.807) is 0 Å². The van der Waals surface area contributed by atoms with Crippen molar-refractivity contribution in [3.05, 3.63) is 85.1 Å². The van der Waals surface area contributed by atoms with Gasteiger partial charge in [-0.3, -0.25) is 14.4 Å². The Morgan fingerprint density at radius 2 is 0.667 bits per heavy atom. The smallest absolute Gasteiger partial charge is 0.306 e. The lowest BCUT2D eigenvalue weighted by Crippen LogP contribution is -2.30. The van der Waals surface area contributed by atoms with Gasteiger partial charge in [0.2, 0.25) is 0 Å². The molecule has 0 aromatic carbocycles. The van der Waals surface area contributed by atoms with E-state index in [4.69, 9.17) is 14.2 Å². The number of hydrogen-bond donors (Lipinski definition) is 0. The Balaban J connectivity index is 4.41. The Bertz CT molecular complexity index is 1290. The Kier molecular flexibility index (Phi) is 51.4. The van der Waals surface area contributed by atoms with Gasteiger partial charge in [0.1, 0.15) is 13.2 Å². The maximum absolute atomic E-state index is 12.8. The fraction of sp³-hybridized carbons (Fsp3) is 0.717. The molecule has 0 saturated carbocycles. The van der Waals surface area contributed by atoms with Crippen LogP contribution in [0.4, 0.5) is 0 Å². The molecule has 0 aliphatic carbocycles. The summed E-state index contributed by atoms with van der Waals surface area (Å²) in [5, 5.41) is 0. The molecule has 378 valence electrons. The van der Waals surface area contributed by atoms with Crippen molar-refractivity contribution in [1.29, 1.82) is 0 Å². The quantitative estimate of drug-likeness (QED) is 0.0199. The van der Waals surface area contributed by atoms with Crippen LogP contribution in [0, 0.1) is 0 Å². The van der Waals surface area contributed by atoms with Gasteiger partial charge in [-0.2, -0.15) is 0 Å². The van der Waals surface area contributed by atoms with Crippen LogP contribution in [0.3, 0.4) is 0 Å². The number of carbonyl (C=O) groups is 3. The lowest BCUT2D eigenvalue weighted by molar-refractivity contribution is -0.167. The summed E-state index contributed by atoms with van der Waals surface area (Å²) in [4.78, 5) is 38.0. The number of hydrogen-bond acceptors (Lipinski definition) is 6. The van der Waals surface area contributed by atoms with Crippen molar-refractivity contribution in [3.63, 3.8) is 0 Å². The maximum Gasteiger partial charge on any atom is 0.306 e. The van der Waals surface area contributed by atoms with E-state index in [2.05, 4.69) is 106 Å². The van der Waals surface area contributed by atoms with E-state index in [9.17, 15) is 14.4 Å². The van der Waals surface area contributed by atoms with Crippen LogP contribution in [0.2, 0.25) is 0 Å². The summed E-state index contributed by atoms with van der Waals surface area (Å²) in [7, 11) is 0. The summed E-state index contributed by atoms with van der Waals surface area (Å²) in [6.07, 6.45) is 70.1. The van der Waals surface area contributed by atoms with E-state index < -0.39 is 6.10 Å². The van der Waals surface area contributed by atoms with Gasteiger partial charge in [-0.05, 0) is 70.6 Å². The Morgan fingerprint density at radius 1 is 0.333 bits per heavy atom. The minimum absolute atomic E-state index is 0.101. The van der Waals surface area contributed by atoms with Crippen LogP contribution in [0.1, 0.15) is 258 Å². The van der Waals surface area contributed by atoms with Crippen molar-refractivity contribution in [2.45, 2.75) is 264 Å². The molecule has 0 aliphatic heterocycles. The molecule has 0 N–H and O–H groups in total. The summed E-state index contributed by atoms with van der Waals surface area (Å²) in [5.41, 5.74) is 0. The first-order valence-electron chi connectivity index (χ1n) is 27.6. The standard InChI is InChI=1S/C60H102O6/c1-4-7-10-13-16-19-22-24-26-28-30-32-33-35-38-41-44-47-50-53-59(62)65-56-57(55-64-58(61)52-49-46-43-40-37-21-18-15-12-9-6-3)66-60(63)54-51-48-45-42-39-36-34-31-29-27-25-23-20-17-14-11-8-5-2/h9,12,17-18,20-21,23,25,27,29,31,34,40,43,57H,4-8,10-11,13-16,19,22,24,26,28,30,32-33,35-39,41-42,44-56H2,1-3H3/b12-9-,20-17-,21-18-,25-23-,29-27-,34-31-,43-40-. The van der Waals surface area contributed by atoms with Crippen LogP contribution >= 0.6 is 0 Å². The number of ether oxygens (including phenoxy) is 3. The second-order valence-electron chi connectivity index (χ2n) is 18.2. The monoisotopic (exact) mass is 919 g/mol. The minimum Gasteiger partial charge on any atom is -0.462 e. The van der Waals surface area contributed by atoms with Gasteiger partial charge >= 0.3 is 17.9 Å². The zero-order valence-electron chi connectivity index (χ0n) is 43.2. The average molecular weight is 919 g/mol. The number of allylic oxidation sites excluding steroid dienone is 14. The van der Waals surface area contributed by atoms with E-state index in [0.29, 0.717) is 19.3 Å². The third kappa shape index (κ3) is 51.6. The highest BCUT2D eigenvalue weighted by atomic mass is 16.6. The lowest BCUT2D eigenvalue weighted by Gasteiger charge is -2.18.